The highest BCUT2D eigenvalue weighted by Crippen LogP contribution is 2.22. The molecule has 5 heteroatoms. The van der Waals surface area contributed by atoms with Crippen LogP contribution in [0.5, 0.6) is 0 Å². The van der Waals surface area contributed by atoms with Gasteiger partial charge in [0.25, 0.3) is 0 Å². The van der Waals surface area contributed by atoms with Crippen molar-refractivity contribution in [2.45, 2.75) is 39.3 Å². The number of fused-ring (bicyclic) bond motifs is 1. The Morgan fingerprint density at radius 1 is 1.14 bits per heavy atom. The smallest absolute Gasteiger partial charge is 0.226 e. The van der Waals surface area contributed by atoms with Crippen LogP contribution in [0.15, 0.2) is 59.0 Å². The number of nitrogens with zero attached hydrogens (tertiary/aromatic N) is 2. The molecule has 0 aliphatic carbocycles. The van der Waals surface area contributed by atoms with E-state index in [0.717, 1.165) is 25.1 Å². The average Bonchev–Trinajstić information content (AvgIpc) is 3.12. The number of aromatic nitrogens is 1. The molecule has 2 heterocycles. The van der Waals surface area contributed by atoms with Crippen molar-refractivity contribution in [2.24, 2.45) is 0 Å². The van der Waals surface area contributed by atoms with Crippen LogP contribution in [0.3, 0.4) is 0 Å². The predicted molar refractivity (Wildman–Crippen MR) is 113 cm³/mol. The van der Waals surface area contributed by atoms with Gasteiger partial charge in [0, 0.05) is 31.2 Å². The molecule has 150 valence electrons. The number of rotatable bonds is 6. The van der Waals surface area contributed by atoms with Crippen molar-refractivity contribution in [3.8, 4) is 11.5 Å². The summed E-state index contributed by atoms with van der Waals surface area (Å²) >= 11 is 0. The van der Waals surface area contributed by atoms with Crippen LogP contribution in [0.1, 0.15) is 29.5 Å². The third-order valence-corrected chi connectivity index (χ3v) is 5.62. The molecule has 1 atom stereocenters. The van der Waals surface area contributed by atoms with E-state index in [1.807, 2.05) is 37.3 Å². The van der Waals surface area contributed by atoms with Gasteiger partial charge in [0.05, 0.1) is 12.1 Å². The second-order valence-electron chi connectivity index (χ2n) is 7.71. The Labute approximate surface area is 171 Å². The normalized spacial score (nSPS) is 15.0. The van der Waals surface area contributed by atoms with Gasteiger partial charge in [0.15, 0.2) is 0 Å². The minimum Gasteiger partial charge on any atom is -0.441 e. The van der Waals surface area contributed by atoms with E-state index in [9.17, 15) is 4.79 Å². The van der Waals surface area contributed by atoms with Crippen LogP contribution >= 0.6 is 0 Å². The maximum absolute atomic E-state index is 12.5. The van der Waals surface area contributed by atoms with Gasteiger partial charge in [-0.25, -0.2) is 4.98 Å². The van der Waals surface area contributed by atoms with Gasteiger partial charge in [-0.1, -0.05) is 42.5 Å². The second-order valence-corrected chi connectivity index (χ2v) is 7.71. The largest absolute Gasteiger partial charge is 0.441 e. The lowest BCUT2D eigenvalue weighted by Crippen LogP contribution is -2.44. The first-order valence-electron chi connectivity index (χ1n) is 10.2. The molecule has 4 rings (SSSR count). The van der Waals surface area contributed by atoms with Gasteiger partial charge in [-0.2, -0.15) is 0 Å². The molecule has 2 aromatic carbocycles. The van der Waals surface area contributed by atoms with E-state index in [1.54, 1.807) is 0 Å². The summed E-state index contributed by atoms with van der Waals surface area (Å²) in [5.74, 6) is 1.23. The molecule has 0 bridgehead atoms. The highest BCUT2D eigenvalue weighted by Gasteiger charge is 2.21. The van der Waals surface area contributed by atoms with E-state index in [0.29, 0.717) is 23.9 Å². The lowest BCUT2D eigenvalue weighted by molar-refractivity contribution is -0.120. The van der Waals surface area contributed by atoms with Gasteiger partial charge in [0.1, 0.15) is 5.76 Å². The fourth-order valence-corrected chi connectivity index (χ4v) is 3.80. The number of carbonyl (C=O) groups excluding carboxylic acids is 1. The SMILES string of the molecule is Cc1oc(-c2ccccc2)nc1CC(=O)NCC(C)N1CCc2ccccc2C1. The van der Waals surface area contributed by atoms with E-state index < -0.39 is 0 Å². The predicted octanol–water partition coefficient (Wildman–Crippen LogP) is 3.76. The van der Waals surface area contributed by atoms with E-state index >= 15 is 0 Å². The lowest BCUT2D eigenvalue weighted by atomic mass is 9.99. The minimum atomic E-state index is -0.0229. The number of benzene rings is 2. The summed E-state index contributed by atoms with van der Waals surface area (Å²) < 4.78 is 5.76. The summed E-state index contributed by atoms with van der Waals surface area (Å²) in [6.45, 7) is 6.62. The molecule has 1 aromatic heterocycles. The summed E-state index contributed by atoms with van der Waals surface area (Å²) in [5, 5.41) is 3.07. The Morgan fingerprint density at radius 3 is 2.66 bits per heavy atom. The van der Waals surface area contributed by atoms with Gasteiger partial charge in [-0.05, 0) is 43.5 Å². The molecule has 29 heavy (non-hydrogen) atoms. The second kappa shape index (κ2) is 8.62. The molecule has 1 aliphatic heterocycles. The van der Waals surface area contributed by atoms with Crippen LogP contribution in [-0.2, 0) is 24.2 Å². The van der Waals surface area contributed by atoms with Crippen LogP contribution < -0.4 is 5.32 Å². The standard InChI is InChI=1S/C24H27N3O2/c1-17(27-13-12-19-8-6-7-11-21(19)16-27)15-25-23(28)14-22-18(2)29-24(26-22)20-9-4-3-5-10-20/h3-11,17H,12-16H2,1-2H3,(H,25,28). The van der Waals surface area contributed by atoms with Crippen molar-refractivity contribution >= 4 is 5.91 Å². The number of nitrogens with one attached hydrogen (secondary N) is 1. The highest BCUT2D eigenvalue weighted by atomic mass is 16.4. The molecule has 1 N–H and O–H groups in total. The zero-order valence-corrected chi connectivity index (χ0v) is 17.0. The number of carbonyl (C=O) groups is 1. The van der Waals surface area contributed by atoms with Crippen molar-refractivity contribution < 1.29 is 9.21 Å². The molecule has 0 fully saturated rings. The summed E-state index contributed by atoms with van der Waals surface area (Å²) in [7, 11) is 0. The number of amides is 1. The quantitative estimate of drug-likeness (QED) is 0.697. The van der Waals surface area contributed by atoms with Gasteiger partial charge < -0.3 is 9.73 Å². The first-order valence-corrected chi connectivity index (χ1v) is 10.2. The fourth-order valence-electron chi connectivity index (χ4n) is 3.80. The molecule has 5 nitrogen and oxygen atoms in total. The van der Waals surface area contributed by atoms with E-state index in [1.165, 1.54) is 11.1 Å². The Morgan fingerprint density at radius 2 is 1.86 bits per heavy atom. The summed E-state index contributed by atoms with van der Waals surface area (Å²) in [5.41, 5.74) is 4.45. The number of aryl methyl sites for hydroxylation is 1. The molecular weight excluding hydrogens is 362 g/mol. The third kappa shape index (κ3) is 4.57. The minimum absolute atomic E-state index is 0.0229. The van der Waals surface area contributed by atoms with Crippen LogP contribution in [0.4, 0.5) is 0 Å². The molecule has 0 radical (unpaired) electrons. The molecule has 0 spiro atoms. The van der Waals surface area contributed by atoms with Crippen molar-refractivity contribution in [1.29, 1.82) is 0 Å². The van der Waals surface area contributed by atoms with Crippen LogP contribution in [0.2, 0.25) is 0 Å². The van der Waals surface area contributed by atoms with Crippen molar-refractivity contribution in [3.63, 3.8) is 0 Å². The van der Waals surface area contributed by atoms with Crippen LogP contribution in [0.25, 0.3) is 11.5 Å². The highest BCUT2D eigenvalue weighted by molar-refractivity contribution is 5.78. The fraction of sp³-hybridized carbons (Fsp3) is 0.333. The first-order chi connectivity index (χ1) is 14.1. The van der Waals surface area contributed by atoms with E-state index in [-0.39, 0.29) is 18.4 Å². The molecule has 0 saturated heterocycles. The molecule has 1 amide bonds. The number of oxazole rings is 1. The summed E-state index contributed by atoms with van der Waals surface area (Å²) in [6.07, 6.45) is 1.30. The average molecular weight is 389 g/mol. The molecule has 3 aromatic rings. The molecular formula is C24H27N3O2. The van der Waals surface area contributed by atoms with Crippen LogP contribution in [0, 0.1) is 6.92 Å². The third-order valence-electron chi connectivity index (χ3n) is 5.62. The summed E-state index contributed by atoms with van der Waals surface area (Å²) in [4.78, 5) is 19.4. The lowest BCUT2D eigenvalue weighted by Gasteiger charge is -2.33. The Kier molecular flexibility index (Phi) is 5.76. The van der Waals surface area contributed by atoms with Crippen molar-refractivity contribution in [1.82, 2.24) is 15.2 Å². The number of hydrogen-bond acceptors (Lipinski definition) is 4. The molecule has 1 aliphatic rings. The first kappa shape index (κ1) is 19.4. The zero-order chi connectivity index (χ0) is 20.2. The van der Waals surface area contributed by atoms with Gasteiger partial charge in [-0.3, -0.25) is 9.69 Å². The van der Waals surface area contributed by atoms with E-state index in [2.05, 4.69) is 46.4 Å². The zero-order valence-electron chi connectivity index (χ0n) is 17.0. The maximum Gasteiger partial charge on any atom is 0.226 e. The molecule has 1 unspecified atom stereocenters. The Balaban J connectivity index is 1.31. The topological polar surface area (TPSA) is 58.4 Å². The van der Waals surface area contributed by atoms with Gasteiger partial charge in [0.2, 0.25) is 11.8 Å². The van der Waals surface area contributed by atoms with Crippen molar-refractivity contribution in [3.05, 3.63) is 77.2 Å². The van der Waals surface area contributed by atoms with Crippen LogP contribution in [-0.4, -0.2) is 34.9 Å². The Bertz CT molecular complexity index is 981. The number of hydrogen-bond donors (Lipinski definition) is 1. The van der Waals surface area contributed by atoms with Gasteiger partial charge >= 0.3 is 0 Å². The van der Waals surface area contributed by atoms with E-state index in [4.69, 9.17) is 4.42 Å². The monoisotopic (exact) mass is 389 g/mol. The summed E-state index contributed by atoms with van der Waals surface area (Å²) in [6, 6.07) is 18.6. The van der Waals surface area contributed by atoms with Gasteiger partial charge in [-0.15, -0.1) is 0 Å². The maximum atomic E-state index is 12.5. The molecule has 0 saturated carbocycles. The Hall–Kier alpha value is -2.92. The van der Waals surface area contributed by atoms with Crippen molar-refractivity contribution in [2.75, 3.05) is 13.1 Å².